The highest BCUT2D eigenvalue weighted by Crippen LogP contribution is 2.26. The third-order valence-electron chi connectivity index (χ3n) is 5.36. The van der Waals surface area contributed by atoms with E-state index in [-0.39, 0.29) is 5.69 Å². The van der Waals surface area contributed by atoms with Crippen molar-refractivity contribution in [1.29, 1.82) is 0 Å². The van der Waals surface area contributed by atoms with Crippen LogP contribution < -0.4 is 26.6 Å². The van der Waals surface area contributed by atoms with Crippen molar-refractivity contribution in [2.45, 2.75) is 31.7 Å². The molecule has 1 aliphatic carbocycles. The number of nitrogens with two attached hydrogens (primary N) is 1. The SMILES string of the molecule is NC(=O)c1nnc(Nc2ccc(N3CCNCC3)cc2)cc1NC1CCCC1. The van der Waals surface area contributed by atoms with Crippen LogP contribution in [0.25, 0.3) is 0 Å². The van der Waals surface area contributed by atoms with E-state index in [4.69, 9.17) is 5.73 Å². The van der Waals surface area contributed by atoms with Gasteiger partial charge in [-0.25, -0.2) is 0 Å². The highest BCUT2D eigenvalue weighted by Gasteiger charge is 2.19. The quantitative estimate of drug-likeness (QED) is 0.607. The topological polar surface area (TPSA) is 108 Å². The molecule has 1 saturated heterocycles. The van der Waals surface area contributed by atoms with Crippen molar-refractivity contribution in [2.75, 3.05) is 41.7 Å². The van der Waals surface area contributed by atoms with Gasteiger partial charge in [-0.15, -0.1) is 10.2 Å². The van der Waals surface area contributed by atoms with Crippen LogP contribution in [0.15, 0.2) is 30.3 Å². The molecule has 1 amide bonds. The van der Waals surface area contributed by atoms with Gasteiger partial charge in [0.1, 0.15) is 0 Å². The highest BCUT2D eigenvalue weighted by molar-refractivity contribution is 5.96. The Balaban J connectivity index is 1.48. The molecule has 0 radical (unpaired) electrons. The molecule has 1 aromatic heterocycles. The van der Waals surface area contributed by atoms with Gasteiger partial charge in [-0.05, 0) is 37.1 Å². The van der Waals surface area contributed by atoms with Crippen molar-refractivity contribution < 1.29 is 4.79 Å². The lowest BCUT2D eigenvalue weighted by atomic mass is 10.2. The molecule has 0 bridgehead atoms. The Labute approximate surface area is 164 Å². The molecular weight excluding hydrogens is 354 g/mol. The van der Waals surface area contributed by atoms with Crippen molar-refractivity contribution >= 4 is 28.8 Å². The van der Waals surface area contributed by atoms with Crippen LogP contribution in [0.2, 0.25) is 0 Å². The summed E-state index contributed by atoms with van der Waals surface area (Å²) >= 11 is 0. The lowest BCUT2D eigenvalue weighted by Gasteiger charge is -2.29. The van der Waals surface area contributed by atoms with Crippen LogP contribution in [-0.2, 0) is 0 Å². The maximum absolute atomic E-state index is 11.7. The molecule has 2 aromatic rings. The fourth-order valence-corrected chi connectivity index (χ4v) is 3.86. The Kier molecular flexibility index (Phi) is 5.57. The van der Waals surface area contributed by atoms with Gasteiger partial charge >= 0.3 is 0 Å². The minimum Gasteiger partial charge on any atom is -0.380 e. The van der Waals surface area contributed by atoms with Gasteiger partial charge in [-0.2, -0.15) is 0 Å². The predicted molar refractivity (Wildman–Crippen MR) is 111 cm³/mol. The smallest absolute Gasteiger partial charge is 0.271 e. The van der Waals surface area contributed by atoms with E-state index in [1.54, 1.807) is 0 Å². The van der Waals surface area contributed by atoms with Crippen molar-refractivity contribution in [3.63, 3.8) is 0 Å². The number of amides is 1. The van der Waals surface area contributed by atoms with E-state index in [0.717, 1.165) is 44.7 Å². The summed E-state index contributed by atoms with van der Waals surface area (Å²) in [7, 11) is 0. The largest absolute Gasteiger partial charge is 0.380 e. The minimum atomic E-state index is -0.570. The number of hydrogen-bond donors (Lipinski definition) is 4. The molecule has 5 N–H and O–H groups in total. The number of primary amides is 1. The van der Waals surface area contributed by atoms with Gasteiger partial charge in [0.15, 0.2) is 11.5 Å². The van der Waals surface area contributed by atoms with Crippen LogP contribution in [0.4, 0.5) is 22.9 Å². The van der Waals surface area contributed by atoms with E-state index in [1.807, 2.05) is 18.2 Å². The summed E-state index contributed by atoms with van der Waals surface area (Å²) in [6.07, 6.45) is 4.59. The Hall–Kier alpha value is -2.87. The van der Waals surface area contributed by atoms with Crippen LogP contribution >= 0.6 is 0 Å². The zero-order valence-electron chi connectivity index (χ0n) is 15.9. The molecule has 2 aliphatic rings. The third kappa shape index (κ3) is 4.33. The van der Waals surface area contributed by atoms with Gasteiger partial charge in [-0.3, -0.25) is 4.79 Å². The van der Waals surface area contributed by atoms with Gasteiger partial charge < -0.3 is 26.6 Å². The lowest BCUT2D eigenvalue weighted by molar-refractivity contribution is 0.0995. The van der Waals surface area contributed by atoms with Crippen LogP contribution in [-0.4, -0.2) is 48.3 Å². The molecule has 8 nitrogen and oxygen atoms in total. The zero-order chi connectivity index (χ0) is 19.3. The standard InChI is InChI=1S/C20H27N7O/c21-20(28)19-17(23-14-3-1-2-4-14)13-18(25-26-19)24-15-5-7-16(8-6-15)27-11-9-22-10-12-27/h5-8,13-14,22H,1-4,9-12H2,(H2,21,28)(H2,23,24,25). The number of hydrogen-bond acceptors (Lipinski definition) is 7. The second-order valence-corrected chi connectivity index (χ2v) is 7.39. The van der Waals surface area contributed by atoms with E-state index < -0.39 is 5.91 Å². The first-order valence-corrected chi connectivity index (χ1v) is 9.96. The van der Waals surface area contributed by atoms with Crippen molar-refractivity contribution in [2.24, 2.45) is 5.73 Å². The Morgan fingerprint density at radius 1 is 1.11 bits per heavy atom. The van der Waals surface area contributed by atoms with Gasteiger partial charge in [0.25, 0.3) is 5.91 Å². The molecule has 1 saturated carbocycles. The molecule has 0 atom stereocenters. The normalized spacial score (nSPS) is 17.5. The summed E-state index contributed by atoms with van der Waals surface area (Å²) in [6, 6.07) is 10.5. The molecule has 8 heteroatoms. The maximum Gasteiger partial charge on any atom is 0.271 e. The number of aromatic nitrogens is 2. The summed E-state index contributed by atoms with van der Waals surface area (Å²) in [6.45, 7) is 4.06. The number of carbonyl (C=O) groups is 1. The highest BCUT2D eigenvalue weighted by atomic mass is 16.1. The maximum atomic E-state index is 11.7. The molecule has 1 aliphatic heterocycles. The molecular formula is C20H27N7O. The van der Waals surface area contributed by atoms with Gasteiger partial charge in [0, 0.05) is 49.7 Å². The summed E-state index contributed by atoms with van der Waals surface area (Å²) in [4.78, 5) is 14.1. The summed E-state index contributed by atoms with van der Waals surface area (Å²) in [5.41, 5.74) is 8.44. The first-order chi connectivity index (χ1) is 13.7. The van der Waals surface area contributed by atoms with Crippen LogP contribution in [0.1, 0.15) is 36.2 Å². The van der Waals surface area contributed by atoms with E-state index in [1.165, 1.54) is 18.5 Å². The van der Waals surface area contributed by atoms with Gasteiger partial charge in [0.2, 0.25) is 0 Å². The van der Waals surface area contributed by atoms with E-state index in [9.17, 15) is 4.79 Å². The minimum absolute atomic E-state index is 0.187. The van der Waals surface area contributed by atoms with Gasteiger partial charge in [0.05, 0.1) is 5.69 Å². The molecule has 4 rings (SSSR count). The summed E-state index contributed by atoms with van der Waals surface area (Å²) < 4.78 is 0. The van der Waals surface area contributed by atoms with Crippen LogP contribution in [0.3, 0.4) is 0 Å². The number of nitrogens with zero attached hydrogens (tertiary/aromatic N) is 3. The second kappa shape index (κ2) is 8.43. The van der Waals surface area contributed by atoms with Gasteiger partial charge in [-0.1, -0.05) is 12.8 Å². The number of anilines is 4. The molecule has 0 spiro atoms. The molecule has 2 heterocycles. The molecule has 0 unspecified atom stereocenters. The average molecular weight is 381 g/mol. The van der Waals surface area contributed by atoms with E-state index in [2.05, 4.69) is 43.2 Å². The molecule has 1 aromatic carbocycles. The Bertz CT molecular complexity index is 812. The average Bonchev–Trinajstić information content (AvgIpc) is 3.22. The van der Waals surface area contributed by atoms with Crippen LogP contribution in [0, 0.1) is 0 Å². The first-order valence-electron chi connectivity index (χ1n) is 9.96. The van der Waals surface area contributed by atoms with Crippen molar-refractivity contribution in [3.05, 3.63) is 36.0 Å². The third-order valence-corrected chi connectivity index (χ3v) is 5.36. The molecule has 28 heavy (non-hydrogen) atoms. The summed E-state index contributed by atoms with van der Waals surface area (Å²) in [5.74, 6) is 0.0142. The second-order valence-electron chi connectivity index (χ2n) is 7.39. The number of rotatable bonds is 6. The monoisotopic (exact) mass is 381 g/mol. The number of nitrogens with one attached hydrogen (secondary N) is 3. The zero-order valence-corrected chi connectivity index (χ0v) is 15.9. The molecule has 2 fully saturated rings. The van der Waals surface area contributed by atoms with Crippen LogP contribution in [0.5, 0.6) is 0 Å². The first kappa shape index (κ1) is 18.5. The molecule has 148 valence electrons. The van der Waals surface area contributed by atoms with E-state index >= 15 is 0 Å². The Morgan fingerprint density at radius 3 is 2.50 bits per heavy atom. The Morgan fingerprint density at radius 2 is 1.82 bits per heavy atom. The fraction of sp³-hybridized carbons (Fsp3) is 0.450. The summed E-state index contributed by atoms with van der Waals surface area (Å²) in [5, 5.41) is 18.2. The van der Waals surface area contributed by atoms with Crippen molar-refractivity contribution in [3.8, 4) is 0 Å². The van der Waals surface area contributed by atoms with E-state index in [0.29, 0.717) is 17.5 Å². The van der Waals surface area contributed by atoms with Crippen molar-refractivity contribution in [1.82, 2.24) is 15.5 Å². The number of carbonyl (C=O) groups excluding carboxylic acids is 1. The predicted octanol–water partition coefficient (Wildman–Crippen LogP) is 2.08. The fourth-order valence-electron chi connectivity index (χ4n) is 3.86. The number of benzene rings is 1. The lowest BCUT2D eigenvalue weighted by Crippen LogP contribution is -2.43. The number of piperazine rings is 1.